The molecule has 0 aromatic heterocycles. The first kappa shape index (κ1) is 27.8. The van der Waals surface area contributed by atoms with Crippen LogP contribution in [0.3, 0.4) is 0 Å². The fraction of sp³-hybridized carbons (Fsp3) is 0.278. The van der Waals surface area contributed by atoms with Crippen molar-refractivity contribution in [3.05, 3.63) is 114 Å². The van der Waals surface area contributed by atoms with Crippen molar-refractivity contribution in [1.82, 2.24) is 0 Å². The van der Waals surface area contributed by atoms with Crippen molar-refractivity contribution in [2.75, 3.05) is 13.2 Å². The number of rotatable bonds is 9. The van der Waals surface area contributed by atoms with Gasteiger partial charge in [-0.05, 0) is 91.0 Å². The molecule has 1 fully saturated rings. The second-order valence-electron chi connectivity index (χ2n) is 10.4. The monoisotopic (exact) mass is 538 g/mol. The van der Waals surface area contributed by atoms with Crippen molar-refractivity contribution in [1.29, 1.82) is 0 Å². The van der Waals surface area contributed by atoms with Gasteiger partial charge in [0.05, 0.1) is 19.3 Å². The zero-order chi connectivity index (χ0) is 27.9. The van der Waals surface area contributed by atoms with Gasteiger partial charge in [-0.15, -0.1) is 0 Å². The number of halogens is 2. The average molecular weight is 539 g/mol. The molecule has 0 bridgehead atoms. The third kappa shape index (κ3) is 6.34. The van der Waals surface area contributed by atoms with E-state index in [1.54, 1.807) is 13.0 Å². The minimum absolute atomic E-state index is 0.0678. The van der Waals surface area contributed by atoms with E-state index in [-0.39, 0.29) is 24.0 Å². The molecule has 0 aliphatic carbocycles. The Bertz CT molecular complexity index is 1420. The zero-order valence-electron chi connectivity index (χ0n) is 23.2. The lowest BCUT2D eigenvalue weighted by atomic mass is 9.91. The highest BCUT2D eigenvalue weighted by Crippen LogP contribution is 2.35. The van der Waals surface area contributed by atoms with Crippen LogP contribution < -0.4 is 4.74 Å². The Morgan fingerprint density at radius 1 is 0.750 bits per heavy atom. The molecule has 4 aromatic carbocycles. The summed E-state index contributed by atoms with van der Waals surface area (Å²) in [7, 11) is 0. The molecule has 5 rings (SSSR count). The maximum Gasteiger partial charge on any atom is 0.201 e. The van der Waals surface area contributed by atoms with Crippen LogP contribution in [0.15, 0.2) is 97.1 Å². The van der Waals surface area contributed by atoms with Crippen molar-refractivity contribution >= 4 is 0 Å². The Labute approximate surface area is 236 Å². The summed E-state index contributed by atoms with van der Waals surface area (Å²) in [6, 6.07) is 27.7. The van der Waals surface area contributed by atoms with E-state index in [2.05, 4.69) is 67.6 Å². The highest BCUT2D eigenvalue weighted by Gasteiger charge is 2.22. The van der Waals surface area contributed by atoms with E-state index in [9.17, 15) is 8.78 Å². The van der Waals surface area contributed by atoms with Gasteiger partial charge in [0.1, 0.15) is 0 Å². The molecule has 0 radical (unpaired) electrons. The van der Waals surface area contributed by atoms with E-state index in [4.69, 9.17) is 9.47 Å². The van der Waals surface area contributed by atoms with Crippen LogP contribution in [0.25, 0.3) is 33.4 Å². The van der Waals surface area contributed by atoms with E-state index < -0.39 is 11.6 Å². The predicted molar refractivity (Wildman–Crippen MR) is 159 cm³/mol. The minimum Gasteiger partial charge on any atom is -0.491 e. The molecule has 0 amide bonds. The lowest BCUT2D eigenvalue weighted by molar-refractivity contribution is -0.0190. The van der Waals surface area contributed by atoms with E-state index in [0.29, 0.717) is 11.5 Å². The standard InChI is InChI=1S/C36H36F2O2/c1-3-5-6-7-25-8-22-33(40-24-25)31-19-15-29(16-20-31)27-11-9-26(10-12-27)28-13-17-30(18-14-28)32-21-23-34(39-4-2)36(38)35(32)37/h3,5,9-21,23,25,33H,4,6-8,22,24H2,1-2H3. The Balaban J connectivity index is 1.22. The van der Waals surface area contributed by atoms with Crippen molar-refractivity contribution in [2.45, 2.75) is 45.6 Å². The van der Waals surface area contributed by atoms with Crippen LogP contribution >= 0.6 is 0 Å². The third-order valence-electron chi connectivity index (χ3n) is 7.72. The average Bonchev–Trinajstić information content (AvgIpc) is 3.01. The van der Waals surface area contributed by atoms with E-state index in [1.807, 2.05) is 24.3 Å². The van der Waals surface area contributed by atoms with E-state index >= 15 is 0 Å². The molecule has 1 saturated heterocycles. The second kappa shape index (κ2) is 13.1. The molecule has 4 aromatic rings. The highest BCUT2D eigenvalue weighted by atomic mass is 19.2. The zero-order valence-corrected chi connectivity index (χ0v) is 23.2. The number of allylic oxidation sites excluding steroid dienone is 2. The first-order valence-corrected chi connectivity index (χ1v) is 14.2. The van der Waals surface area contributed by atoms with Crippen molar-refractivity contribution in [2.24, 2.45) is 5.92 Å². The van der Waals surface area contributed by atoms with E-state index in [1.165, 1.54) is 30.0 Å². The van der Waals surface area contributed by atoms with Crippen molar-refractivity contribution in [3.63, 3.8) is 0 Å². The SMILES string of the molecule is CC=CCCC1CCC(c2ccc(-c3ccc(-c4ccc(-c5ccc(OCC)c(F)c5F)cc4)cc3)cc2)OC1. The van der Waals surface area contributed by atoms with Crippen molar-refractivity contribution < 1.29 is 18.3 Å². The summed E-state index contributed by atoms with van der Waals surface area (Å²) >= 11 is 0. The summed E-state index contributed by atoms with van der Waals surface area (Å²) < 4.78 is 40.3. The molecule has 1 aliphatic rings. The fourth-order valence-electron chi connectivity index (χ4n) is 5.40. The Hall–Kier alpha value is -3.76. The molecule has 206 valence electrons. The first-order chi connectivity index (χ1) is 19.6. The second-order valence-corrected chi connectivity index (χ2v) is 10.4. The number of hydrogen-bond acceptors (Lipinski definition) is 2. The summed E-state index contributed by atoms with van der Waals surface area (Å²) in [6.07, 6.45) is 9.19. The highest BCUT2D eigenvalue weighted by molar-refractivity contribution is 5.73. The lowest BCUT2D eigenvalue weighted by Crippen LogP contribution is -2.20. The molecule has 2 atom stereocenters. The molecule has 2 nitrogen and oxygen atoms in total. The van der Waals surface area contributed by atoms with Gasteiger partial charge >= 0.3 is 0 Å². The molecular weight excluding hydrogens is 502 g/mol. The van der Waals surface area contributed by atoms with E-state index in [0.717, 1.165) is 36.1 Å². The van der Waals surface area contributed by atoms with Crippen molar-refractivity contribution in [3.8, 4) is 39.1 Å². The number of hydrogen-bond donors (Lipinski definition) is 0. The molecule has 1 aliphatic heterocycles. The van der Waals surface area contributed by atoms with Crippen LogP contribution in [-0.2, 0) is 4.74 Å². The minimum atomic E-state index is -0.956. The molecule has 4 heteroatoms. The van der Waals surface area contributed by atoms with Gasteiger partial charge in [0.15, 0.2) is 11.6 Å². The summed E-state index contributed by atoms with van der Waals surface area (Å²) in [6.45, 7) is 4.94. The Morgan fingerprint density at radius 3 is 1.85 bits per heavy atom. The summed E-state index contributed by atoms with van der Waals surface area (Å²) in [4.78, 5) is 0. The van der Waals surface area contributed by atoms with Crippen LogP contribution in [-0.4, -0.2) is 13.2 Å². The maximum absolute atomic E-state index is 14.6. The number of benzene rings is 4. The quantitative estimate of drug-likeness (QED) is 0.197. The predicted octanol–water partition coefficient (Wildman–Crippen LogP) is 10.2. The molecule has 1 heterocycles. The molecule has 0 N–H and O–H groups in total. The van der Waals surface area contributed by atoms with Crippen LogP contribution in [0, 0.1) is 17.6 Å². The largest absolute Gasteiger partial charge is 0.491 e. The maximum atomic E-state index is 14.6. The molecule has 40 heavy (non-hydrogen) atoms. The van der Waals surface area contributed by atoms with Gasteiger partial charge in [-0.25, -0.2) is 4.39 Å². The normalized spacial score (nSPS) is 17.3. The summed E-state index contributed by atoms with van der Waals surface area (Å²) in [5.74, 6) is -1.25. The topological polar surface area (TPSA) is 18.5 Å². The molecular formula is C36H36F2O2. The first-order valence-electron chi connectivity index (χ1n) is 14.2. The van der Waals surface area contributed by atoms with Gasteiger partial charge in [-0.3, -0.25) is 0 Å². The molecule has 0 spiro atoms. The Morgan fingerprint density at radius 2 is 1.32 bits per heavy atom. The van der Waals surface area contributed by atoms with Crippen LogP contribution in [0.2, 0.25) is 0 Å². The van der Waals surface area contributed by atoms with Crippen LogP contribution in [0.4, 0.5) is 8.78 Å². The third-order valence-corrected chi connectivity index (χ3v) is 7.72. The smallest absolute Gasteiger partial charge is 0.201 e. The van der Waals surface area contributed by atoms with Gasteiger partial charge in [0.25, 0.3) is 0 Å². The van der Waals surface area contributed by atoms with Gasteiger partial charge in [-0.1, -0.05) is 84.9 Å². The Kier molecular flexibility index (Phi) is 9.08. The summed E-state index contributed by atoms with van der Waals surface area (Å²) in [5.41, 5.74) is 6.46. The van der Waals surface area contributed by atoms with Gasteiger partial charge in [-0.2, -0.15) is 4.39 Å². The van der Waals surface area contributed by atoms with Gasteiger partial charge < -0.3 is 9.47 Å². The lowest BCUT2D eigenvalue weighted by Gasteiger charge is -2.29. The molecule has 2 unspecified atom stereocenters. The number of ether oxygens (including phenoxy) is 2. The molecule has 0 saturated carbocycles. The van der Waals surface area contributed by atoms with Gasteiger partial charge in [0.2, 0.25) is 5.82 Å². The van der Waals surface area contributed by atoms with Gasteiger partial charge in [0, 0.05) is 5.56 Å². The summed E-state index contributed by atoms with van der Waals surface area (Å²) in [5, 5.41) is 0. The van der Waals surface area contributed by atoms with Crippen LogP contribution in [0.5, 0.6) is 5.75 Å². The fourth-order valence-corrected chi connectivity index (χ4v) is 5.40. The van der Waals surface area contributed by atoms with Crippen LogP contribution in [0.1, 0.15) is 51.2 Å².